The predicted molar refractivity (Wildman–Crippen MR) is 84.3 cm³/mol. The topological polar surface area (TPSA) is 42.4 Å². The summed E-state index contributed by atoms with van der Waals surface area (Å²) in [6, 6.07) is 12.1. The lowest BCUT2D eigenvalue weighted by Gasteiger charge is -2.11. The van der Waals surface area contributed by atoms with Crippen LogP contribution in [0.4, 0.5) is 4.39 Å². The van der Waals surface area contributed by atoms with E-state index in [1.54, 1.807) is 6.07 Å². The second-order valence-electron chi connectivity index (χ2n) is 5.18. The second kappa shape index (κ2) is 5.73. The van der Waals surface area contributed by atoms with Gasteiger partial charge in [0.05, 0.1) is 24.9 Å². The summed E-state index contributed by atoms with van der Waals surface area (Å²) < 4.78 is 18.6. The number of aliphatic hydroxyl groups is 1. The van der Waals surface area contributed by atoms with Gasteiger partial charge in [-0.15, -0.1) is 0 Å². The lowest BCUT2D eigenvalue weighted by atomic mass is 10.0. The molecular weight excluding hydrogens is 281 g/mol. The third kappa shape index (κ3) is 2.53. The van der Waals surface area contributed by atoms with Crippen molar-refractivity contribution < 1.29 is 14.2 Å². The second-order valence-corrected chi connectivity index (χ2v) is 5.18. The smallest absolute Gasteiger partial charge is 0.131 e. The number of methoxy groups -OCH3 is 1. The van der Waals surface area contributed by atoms with Crippen LogP contribution < -0.4 is 4.74 Å². The molecule has 0 spiro atoms. The van der Waals surface area contributed by atoms with E-state index in [0.29, 0.717) is 5.75 Å². The van der Waals surface area contributed by atoms with Gasteiger partial charge in [-0.25, -0.2) is 9.37 Å². The maximum atomic E-state index is 13.4. The summed E-state index contributed by atoms with van der Waals surface area (Å²) in [5.41, 5.74) is 4.13. The standard InChI is InChI=1S/C18H16FNO2/c1-11-7-16(15-6-4-13(19)9-18(15)22-2)20-17-8-12(10-21)3-5-14(11)17/h3-9,21H,10H2,1-2H3. The van der Waals surface area contributed by atoms with Gasteiger partial charge >= 0.3 is 0 Å². The van der Waals surface area contributed by atoms with Crippen molar-refractivity contribution >= 4 is 10.9 Å². The van der Waals surface area contributed by atoms with E-state index < -0.39 is 0 Å². The molecule has 1 heterocycles. The number of hydrogen-bond donors (Lipinski definition) is 1. The van der Waals surface area contributed by atoms with Crippen LogP contribution in [0.25, 0.3) is 22.2 Å². The molecule has 3 nitrogen and oxygen atoms in total. The molecule has 0 amide bonds. The molecule has 0 aliphatic carbocycles. The van der Waals surface area contributed by atoms with Crippen LogP contribution in [0.5, 0.6) is 5.75 Å². The van der Waals surface area contributed by atoms with Crippen molar-refractivity contribution in [2.24, 2.45) is 0 Å². The molecule has 0 bridgehead atoms. The summed E-state index contributed by atoms with van der Waals surface area (Å²) in [6.07, 6.45) is 0. The number of aryl methyl sites for hydroxylation is 1. The summed E-state index contributed by atoms with van der Waals surface area (Å²) in [5, 5.41) is 10.3. The van der Waals surface area contributed by atoms with Crippen LogP contribution in [0.3, 0.4) is 0 Å². The minimum atomic E-state index is -0.347. The highest BCUT2D eigenvalue weighted by molar-refractivity contribution is 5.86. The van der Waals surface area contributed by atoms with Gasteiger partial charge in [0, 0.05) is 17.0 Å². The number of pyridine rings is 1. The number of ether oxygens (including phenoxy) is 1. The first-order valence-corrected chi connectivity index (χ1v) is 6.97. The van der Waals surface area contributed by atoms with Gasteiger partial charge in [-0.3, -0.25) is 0 Å². The number of nitrogens with zero attached hydrogens (tertiary/aromatic N) is 1. The summed E-state index contributed by atoms with van der Waals surface area (Å²) in [7, 11) is 1.51. The number of hydrogen-bond acceptors (Lipinski definition) is 3. The molecule has 3 aromatic rings. The van der Waals surface area contributed by atoms with Crippen molar-refractivity contribution in [3.05, 3.63) is 59.4 Å². The normalized spacial score (nSPS) is 10.9. The van der Waals surface area contributed by atoms with Gasteiger partial charge in [-0.2, -0.15) is 0 Å². The molecule has 0 unspecified atom stereocenters. The molecular formula is C18H16FNO2. The van der Waals surface area contributed by atoms with E-state index in [-0.39, 0.29) is 12.4 Å². The average Bonchev–Trinajstić information content (AvgIpc) is 2.53. The van der Waals surface area contributed by atoms with E-state index in [1.807, 2.05) is 31.2 Å². The maximum absolute atomic E-state index is 13.4. The molecule has 0 aliphatic rings. The Hall–Kier alpha value is -2.46. The molecule has 0 radical (unpaired) electrons. The largest absolute Gasteiger partial charge is 0.496 e. The van der Waals surface area contributed by atoms with E-state index in [4.69, 9.17) is 4.74 Å². The molecule has 1 aromatic heterocycles. The summed E-state index contributed by atoms with van der Waals surface area (Å²) in [6.45, 7) is 1.98. The summed E-state index contributed by atoms with van der Waals surface area (Å²) >= 11 is 0. The molecule has 0 atom stereocenters. The van der Waals surface area contributed by atoms with Crippen LogP contribution in [0.15, 0.2) is 42.5 Å². The van der Waals surface area contributed by atoms with Crippen LogP contribution in [-0.2, 0) is 6.61 Å². The number of rotatable bonds is 3. The minimum Gasteiger partial charge on any atom is -0.496 e. The maximum Gasteiger partial charge on any atom is 0.131 e. The molecule has 0 fully saturated rings. The zero-order chi connectivity index (χ0) is 15.7. The first kappa shape index (κ1) is 14.5. The van der Waals surface area contributed by atoms with Crippen molar-refractivity contribution in [1.82, 2.24) is 4.98 Å². The van der Waals surface area contributed by atoms with Crippen molar-refractivity contribution in [1.29, 1.82) is 0 Å². The van der Waals surface area contributed by atoms with Crippen LogP contribution >= 0.6 is 0 Å². The van der Waals surface area contributed by atoms with Gasteiger partial charge in [0.1, 0.15) is 11.6 Å². The molecule has 4 heteroatoms. The average molecular weight is 297 g/mol. The van der Waals surface area contributed by atoms with Gasteiger partial charge in [-0.1, -0.05) is 12.1 Å². The van der Waals surface area contributed by atoms with E-state index in [0.717, 1.165) is 33.3 Å². The molecule has 0 saturated heterocycles. The van der Waals surface area contributed by atoms with Crippen LogP contribution in [0.2, 0.25) is 0 Å². The molecule has 3 rings (SSSR count). The minimum absolute atomic E-state index is 0.0270. The number of halogens is 1. The highest BCUT2D eigenvalue weighted by Gasteiger charge is 2.11. The molecule has 1 N–H and O–H groups in total. The van der Waals surface area contributed by atoms with E-state index in [9.17, 15) is 9.50 Å². The van der Waals surface area contributed by atoms with Crippen LogP contribution in [-0.4, -0.2) is 17.2 Å². The fourth-order valence-corrected chi connectivity index (χ4v) is 2.56. The van der Waals surface area contributed by atoms with Crippen LogP contribution in [0, 0.1) is 12.7 Å². The molecule has 0 saturated carbocycles. The fourth-order valence-electron chi connectivity index (χ4n) is 2.56. The fraction of sp³-hybridized carbons (Fsp3) is 0.167. The van der Waals surface area contributed by atoms with E-state index >= 15 is 0 Å². The molecule has 0 aliphatic heterocycles. The lowest BCUT2D eigenvalue weighted by molar-refractivity contribution is 0.282. The molecule has 112 valence electrons. The first-order chi connectivity index (χ1) is 10.6. The van der Waals surface area contributed by atoms with E-state index in [1.165, 1.54) is 19.2 Å². The van der Waals surface area contributed by atoms with Crippen molar-refractivity contribution in [2.45, 2.75) is 13.5 Å². The Morgan fingerprint density at radius 3 is 2.68 bits per heavy atom. The quantitative estimate of drug-likeness (QED) is 0.798. The lowest BCUT2D eigenvalue weighted by Crippen LogP contribution is -1.94. The Balaban J connectivity index is 2.23. The van der Waals surface area contributed by atoms with E-state index in [2.05, 4.69) is 4.98 Å². The van der Waals surface area contributed by atoms with Gasteiger partial charge in [0.25, 0.3) is 0 Å². The van der Waals surface area contributed by atoms with Gasteiger partial charge in [0.15, 0.2) is 0 Å². The SMILES string of the molecule is COc1cc(F)ccc1-c1cc(C)c2ccc(CO)cc2n1. The Bertz CT molecular complexity index is 846. The molecule has 2 aromatic carbocycles. The number of benzene rings is 2. The Morgan fingerprint density at radius 2 is 1.95 bits per heavy atom. The Morgan fingerprint density at radius 1 is 1.14 bits per heavy atom. The Labute approximate surface area is 128 Å². The number of fused-ring (bicyclic) bond motifs is 1. The van der Waals surface area contributed by atoms with Crippen molar-refractivity contribution in [2.75, 3.05) is 7.11 Å². The van der Waals surface area contributed by atoms with Crippen molar-refractivity contribution in [3.63, 3.8) is 0 Å². The monoisotopic (exact) mass is 297 g/mol. The highest BCUT2D eigenvalue weighted by atomic mass is 19.1. The van der Waals surface area contributed by atoms with Gasteiger partial charge in [0.2, 0.25) is 0 Å². The summed E-state index contributed by atoms with van der Waals surface area (Å²) in [4.78, 5) is 4.64. The zero-order valence-corrected chi connectivity index (χ0v) is 12.4. The number of aliphatic hydroxyl groups excluding tert-OH is 1. The summed E-state index contributed by atoms with van der Waals surface area (Å²) in [5.74, 6) is 0.102. The van der Waals surface area contributed by atoms with Gasteiger partial charge in [-0.05, 0) is 42.3 Å². The third-order valence-corrected chi connectivity index (χ3v) is 3.70. The highest BCUT2D eigenvalue weighted by Crippen LogP contribution is 2.32. The first-order valence-electron chi connectivity index (χ1n) is 6.97. The number of aromatic nitrogens is 1. The van der Waals surface area contributed by atoms with Gasteiger partial charge < -0.3 is 9.84 Å². The third-order valence-electron chi connectivity index (χ3n) is 3.70. The zero-order valence-electron chi connectivity index (χ0n) is 12.4. The Kier molecular flexibility index (Phi) is 3.77. The molecule has 22 heavy (non-hydrogen) atoms. The van der Waals surface area contributed by atoms with Crippen molar-refractivity contribution in [3.8, 4) is 17.0 Å². The predicted octanol–water partition coefficient (Wildman–Crippen LogP) is 3.85. The van der Waals surface area contributed by atoms with Crippen LogP contribution in [0.1, 0.15) is 11.1 Å².